The molecule has 4 nitrogen and oxygen atoms in total. The van der Waals surface area contributed by atoms with Crippen molar-refractivity contribution in [2.24, 2.45) is 0 Å². The van der Waals surface area contributed by atoms with E-state index >= 15 is 0 Å². The van der Waals surface area contributed by atoms with Crippen molar-refractivity contribution in [1.82, 2.24) is 4.57 Å². The van der Waals surface area contributed by atoms with E-state index in [-0.39, 0.29) is 5.56 Å². The van der Waals surface area contributed by atoms with E-state index in [0.29, 0.717) is 19.8 Å². The molecule has 0 spiro atoms. The maximum absolute atomic E-state index is 12.2. The van der Waals surface area contributed by atoms with Crippen LogP contribution in [0.5, 0.6) is 5.75 Å². The fourth-order valence-electron chi connectivity index (χ4n) is 2.22. The van der Waals surface area contributed by atoms with Crippen molar-refractivity contribution in [2.45, 2.75) is 20.4 Å². The number of nitrogens with zero attached hydrogens (tertiary/aromatic N) is 1. The number of benzene rings is 1. The molecule has 112 valence electrons. The zero-order valence-corrected chi connectivity index (χ0v) is 12.8. The quantitative estimate of drug-likeness (QED) is 0.767. The Hall–Kier alpha value is -2.07. The van der Waals surface area contributed by atoms with E-state index in [1.165, 1.54) is 0 Å². The summed E-state index contributed by atoms with van der Waals surface area (Å²) in [5, 5.41) is 0. The molecule has 0 fully saturated rings. The van der Waals surface area contributed by atoms with Crippen LogP contribution in [-0.2, 0) is 11.3 Å². The molecule has 0 aliphatic heterocycles. The van der Waals surface area contributed by atoms with Gasteiger partial charge < -0.3 is 14.0 Å². The number of aromatic nitrogens is 1. The molecule has 1 aromatic carbocycles. The lowest BCUT2D eigenvalue weighted by molar-refractivity contribution is 0.146. The van der Waals surface area contributed by atoms with E-state index in [9.17, 15) is 4.79 Å². The summed E-state index contributed by atoms with van der Waals surface area (Å²) in [6.07, 6.45) is 0. The normalized spacial score (nSPS) is 10.6. The summed E-state index contributed by atoms with van der Waals surface area (Å²) < 4.78 is 12.3. The Bertz CT molecular complexity index is 644. The predicted molar refractivity (Wildman–Crippen MR) is 83.9 cm³/mol. The Morgan fingerprint density at radius 2 is 1.76 bits per heavy atom. The molecule has 0 amide bonds. The van der Waals surface area contributed by atoms with Gasteiger partial charge in [0.05, 0.1) is 12.3 Å². The SMILES string of the molecule is CCn1c(-c2ccc(OCCOC)cc2)ccc(C)c1=O. The van der Waals surface area contributed by atoms with E-state index in [2.05, 4.69) is 0 Å². The third-order valence-electron chi connectivity index (χ3n) is 3.39. The molecule has 0 aliphatic rings. The average molecular weight is 287 g/mol. The molecule has 2 aromatic rings. The Kier molecular flexibility index (Phi) is 5.17. The first-order valence-electron chi connectivity index (χ1n) is 7.10. The second kappa shape index (κ2) is 7.09. The molecular weight excluding hydrogens is 266 g/mol. The van der Waals surface area contributed by atoms with Crippen molar-refractivity contribution < 1.29 is 9.47 Å². The molecule has 0 N–H and O–H groups in total. The Morgan fingerprint density at radius 3 is 2.38 bits per heavy atom. The fourth-order valence-corrected chi connectivity index (χ4v) is 2.22. The van der Waals surface area contributed by atoms with Crippen LogP contribution >= 0.6 is 0 Å². The molecule has 0 atom stereocenters. The fraction of sp³-hybridized carbons (Fsp3) is 0.353. The van der Waals surface area contributed by atoms with E-state index in [1.54, 1.807) is 11.7 Å². The molecule has 1 heterocycles. The van der Waals surface area contributed by atoms with Gasteiger partial charge in [-0.3, -0.25) is 4.79 Å². The van der Waals surface area contributed by atoms with Gasteiger partial charge in [0.25, 0.3) is 5.56 Å². The number of rotatable bonds is 6. The minimum Gasteiger partial charge on any atom is -0.491 e. The van der Waals surface area contributed by atoms with Crippen molar-refractivity contribution in [3.05, 3.63) is 52.3 Å². The summed E-state index contributed by atoms with van der Waals surface area (Å²) in [5.74, 6) is 0.799. The lowest BCUT2D eigenvalue weighted by atomic mass is 10.1. The Balaban J connectivity index is 2.27. The largest absolute Gasteiger partial charge is 0.491 e. The van der Waals surface area contributed by atoms with Crippen LogP contribution in [0.1, 0.15) is 12.5 Å². The van der Waals surface area contributed by atoms with Crippen LogP contribution in [0, 0.1) is 6.92 Å². The van der Waals surface area contributed by atoms with Gasteiger partial charge in [0.2, 0.25) is 0 Å². The zero-order valence-electron chi connectivity index (χ0n) is 12.8. The summed E-state index contributed by atoms with van der Waals surface area (Å²) in [6, 6.07) is 11.6. The van der Waals surface area contributed by atoms with Gasteiger partial charge >= 0.3 is 0 Å². The second-order valence-electron chi connectivity index (χ2n) is 4.82. The predicted octanol–water partition coefficient (Wildman–Crippen LogP) is 2.87. The summed E-state index contributed by atoms with van der Waals surface area (Å²) in [4.78, 5) is 12.2. The molecule has 21 heavy (non-hydrogen) atoms. The van der Waals surface area contributed by atoms with Gasteiger partial charge in [0.1, 0.15) is 12.4 Å². The van der Waals surface area contributed by atoms with E-state index < -0.39 is 0 Å². The van der Waals surface area contributed by atoms with Gasteiger partial charge in [-0.05, 0) is 49.7 Å². The van der Waals surface area contributed by atoms with Crippen LogP contribution in [0.4, 0.5) is 0 Å². The molecule has 2 rings (SSSR count). The van der Waals surface area contributed by atoms with Crippen molar-refractivity contribution in [3.63, 3.8) is 0 Å². The standard InChI is InChI=1S/C17H21NO3/c1-4-18-16(10-5-13(2)17(18)19)14-6-8-15(9-7-14)21-12-11-20-3/h5-10H,4,11-12H2,1-3H3. The minimum absolute atomic E-state index is 0.0652. The molecule has 0 aliphatic carbocycles. The third-order valence-corrected chi connectivity index (χ3v) is 3.39. The highest BCUT2D eigenvalue weighted by molar-refractivity contribution is 5.61. The molecule has 0 unspecified atom stereocenters. The monoisotopic (exact) mass is 287 g/mol. The summed E-state index contributed by atoms with van der Waals surface area (Å²) in [6.45, 7) is 5.56. The number of ether oxygens (including phenoxy) is 2. The van der Waals surface area contributed by atoms with Crippen LogP contribution in [0.15, 0.2) is 41.2 Å². The van der Waals surface area contributed by atoms with Gasteiger partial charge in [-0.1, -0.05) is 6.07 Å². The van der Waals surface area contributed by atoms with Crippen LogP contribution in [0.2, 0.25) is 0 Å². The van der Waals surface area contributed by atoms with Crippen molar-refractivity contribution in [3.8, 4) is 17.0 Å². The molecule has 4 heteroatoms. The highest BCUT2D eigenvalue weighted by Gasteiger charge is 2.07. The maximum atomic E-state index is 12.2. The number of aryl methyl sites for hydroxylation is 1. The van der Waals surface area contributed by atoms with Gasteiger partial charge in [0, 0.05) is 19.2 Å². The van der Waals surface area contributed by atoms with Crippen molar-refractivity contribution in [2.75, 3.05) is 20.3 Å². The first-order valence-corrected chi connectivity index (χ1v) is 7.10. The molecule has 1 aromatic heterocycles. The third kappa shape index (κ3) is 3.52. The van der Waals surface area contributed by atoms with E-state index in [4.69, 9.17) is 9.47 Å². The maximum Gasteiger partial charge on any atom is 0.253 e. The molecule has 0 saturated carbocycles. The van der Waals surface area contributed by atoms with E-state index in [1.807, 2.05) is 50.2 Å². The smallest absolute Gasteiger partial charge is 0.253 e. The van der Waals surface area contributed by atoms with Gasteiger partial charge in [-0.15, -0.1) is 0 Å². The van der Waals surface area contributed by atoms with Crippen molar-refractivity contribution >= 4 is 0 Å². The topological polar surface area (TPSA) is 40.5 Å². The average Bonchev–Trinajstić information content (AvgIpc) is 2.51. The van der Waals surface area contributed by atoms with Crippen LogP contribution in [0.3, 0.4) is 0 Å². The van der Waals surface area contributed by atoms with Crippen LogP contribution < -0.4 is 10.3 Å². The second-order valence-corrected chi connectivity index (χ2v) is 4.82. The minimum atomic E-state index is 0.0652. The summed E-state index contributed by atoms with van der Waals surface area (Å²) in [7, 11) is 1.65. The van der Waals surface area contributed by atoms with E-state index in [0.717, 1.165) is 22.6 Å². The molecule has 0 saturated heterocycles. The van der Waals surface area contributed by atoms with Gasteiger partial charge in [-0.25, -0.2) is 0 Å². The van der Waals surface area contributed by atoms with Gasteiger partial charge in [-0.2, -0.15) is 0 Å². The lowest BCUT2D eigenvalue weighted by Crippen LogP contribution is -2.22. The number of pyridine rings is 1. The first-order chi connectivity index (χ1) is 10.2. The van der Waals surface area contributed by atoms with Crippen LogP contribution in [0.25, 0.3) is 11.3 Å². The number of methoxy groups -OCH3 is 1. The lowest BCUT2D eigenvalue weighted by Gasteiger charge is -2.12. The van der Waals surface area contributed by atoms with Crippen LogP contribution in [-0.4, -0.2) is 24.9 Å². The molecule has 0 radical (unpaired) electrons. The molecule has 0 bridgehead atoms. The number of hydrogen-bond donors (Lipinski definition) is 0. The molecular formula is C17H21NO3. The highest BCUT2D eigenvalue weighted by atomic mass is 16.5. The summed E-state index contributed by atoms with van der Waals surface area (Å²) >= 11 is 0. The zero-order chi connectivity index (χ0) is 15.2. The summed E-state index contributed by atoms with van der Waals surface area (Å²) in [5.41, 5.74) is 2.76. The number of hydrogen-bond acceptors (Lipinski definition) is 3. The highest BCUT2D eigenvalue weighted by Crippen LogP contribution is 2.22. The van der Waals surface area contributed by atoms with Gasteiger partial charge in [0.15, 0.2) is 0 Å². The first kappa shape index (κ1) is 15.3. The Labute approximate surface area is 124 Å². The Morgan fingerprint density at radius 1 is 1.05 bits per heavy atom. The van der Waals surface area contributed by atoms with Crippen molar-refractivity contribution in [1.29, 1.82) is 0 Å².